The van der Waals surface area contributed by atoms with Gasteiger partial charge in [0.1, 0.15) is 17.5 Å². The maximum atomic E-state index is 14.0. The van der Waals surface area contributed by atoms with E-state index < -0.39 is 39.3 Å². The van der Waals surface area contributed by atoms with E-state index in [9.17, 15) is 22.0 Å². The van der Waals surface area contributed by atoms with Gasteiger partial charge in [-0.25, -0.2) is 27.6 Å². The minimum atomic E-state index is -4.26. The Kier molecular flexibility index (Phi) is 6.64. The third-order valence-corrected chi connectivity index (χ3v) is 8.66. The number of aryl methyl sites for hydroxylation is 1. The normalized spacial score (nSPS) is 20.1. The van der Waals surface area contributed by atoms with Crippen LogP contribution in [0, 0.1) is 18.6 Å². The minimum absolute atomic E-state index is 0.148. The van der Waals surface area contributed by atoms with Gasteiger partial charge in [0.2, 0.25) is 0 Å². The molecule has 5 rings (SSSR count). The molecule has 9 nitrogen and oxygen atoms in total. The second-order valence-corrected chi connectivity index (χ2v) is 11.6. The fraction of sp³-hybridized carbons (Fsp3) is 0.320. The van der Waals surface area contributed by atoms with Gasteiger partial charge in [0.05, 0.1) is 28.1 Å². The summed E-state index contributed by atoms with van der Waals surface area (Å²) in [6.07, 6.45) is 3.91. The summed E-state index contributed by atoms with van der Waals surface area (Å²) in [5.41, 5.74) is 1.41. The number of rotatable bonds is 7. The Morgan fingerprint density at radius 1 is 1.24 bits per heavy atom. The Labute approximate surface area is 224 Å². The zero-order valence-corrected chi connectivity index (χ0v) is 22.2. The van der Waals surface area contributed by atoms with E-state index in [0.717, 1.165) is 15.9 Å². The van der Waals surface area contributed by atoms with Gasteiger partial charge in [0.15, 0.2) is 0 Å². The zero-order chi connectivity index (χ0) is 27.2. The Morgan fingerprint density at radius 3 is 2.68 bits per heavy atom. The summed E-state index contributed by atoms with van der Waals surface area (Å²) in [6.45, 7) is 2.11. The molecule has 2 N–H and O–H groups in total. The van der Waals surface area contributed by atoms with Crippen LogP contribution in [0.5, 0.6) is 0 Å². The number of aromatic nitrogens is 2. The molecule has 2 aliphatic rings. The van der Waals surface area contributed by atoms with Gasteiger partial charge < -0.3 is 10.2 Å². The predicted molar refractivity (Wildman–Crippen MR) is 140 cm³/mol. The number of nitrogens with zero attached hydrogens (tertiary/aromatic N) is 4. The minimum Gasteiger partial charge on any atom is -0.371 e. The van der Waals surface area contributed by atoms with Crippen LogP contribution >= 0.6 is 11.6 Å². The standard InChI is InChI=1S/C25H25ClF2N6O3S/c1-15-22(26)11-20(13-30-15)33(2)14-25(12-21(25)17-8-18(27)10-19(28)9-17)31-24(35)32-38(36,37)34-7-5-16-4-3-6-29-23(16)34/h3-4,6,8-11,13,21H,5,7,12,14H2,1-2H3,(H2,31,32,35)/t21?,25-/m1/s1. The van der Waals surface area contributed by atoms with Crippen LogP contribution in [-0.4, -0.2) is 50.1 Å². The number of carbonyl (C=O) groups excluding carboxylic acids is 1. The van der Waals surface area contributed by atoms with Gasteiger partial charge in [-0.2, -0.15) is 8.42 Å². The molecule has 1 aliphatic heterocycles. The Hall–Kier alpha value is -3.51. The monoisotopic (exact) mass is 562 g/mol. The van der Waals surface area contributed by atoms with Crippen LogP contribution in [0.25, 0.3) is 0 Å². The van der Waals surface area contributed by atoms with E-state index in [-0.39, 0.29) is 18.9 Å². The number of carbonyl (C=O) groups is 1. The third kappa shape index (κ3) is 5.10. The van der Waals surface area contributed by atoms with Crippen molar-refractivity contribution in [1.29, 1.82) is 0 Å². The van der Waals surface area contributed by atoms with Crippen molar-refractivity contribution in [2.75, 3.05) is 29.3 Å². The first-order chi connectivity index (χ1) is 18.0. The number of likely N-dealkylation sites (N-methyl/N-ethyl adjacent to an activating group) is 1. The summed E-state index contributed by atoms with van der Waals surface area (Å²) in [6, 6.07) is 7.46. The summed E-state index contributed by atoms with van der Waals surface area (Å²) in [7, 11) is -2.50. The van der Waals surface area contributed by atoms with E-state index in [1.807, 2.05) is 0 Å². The fourth-order valence-corrected chi connectivity index (χ4v) is 6.21. The molecular weight excluding hydrogens is 538 g/mol. The molecule has 1 saturated carbocycles. The van der Waals surface area contributed by atoms with E-state index in [0.29, 0.717) is 34.8 Å². The molecule has 3 heterocycles. The smallest absolute Gasteiger partial charge is 0.330 e. The summed E-state index contributed by atoms with van der Waals surface area (Å²) in [5.74, 6) is -1.68. The highest BCUT2D eigenvalue weighted by molar-refractivity contribution is 7.91. The van der Waals surface area contributed by atoms with Crippen LogP contribution < -0.4 is 19.2 Å². The van der Waals surface area contributed by atoms with E-state index >= 15 is 0 Å². The van der Waals surface area contributed by atoms with Crippen molar-refractivity contribution in [3.05, 3.63) is 82.3 Å². The highest BCUT2D eigenvalue weighted by Gasteiger charge is 2.57. The molecule has 2 atom stereocenters. The molecule has 3 aromatic rings. The molecule has 0 radical (unpaired) electrons. The predicted octanol–water partition coefficient (Wildman–Crippen LogP) is 3.69. The first-order valence-corrected chi connectivity index (χ1v) is 13.6. The molecule has 13 heteroatoms. The van der Waals surface area contributed by atoms with Gasteiger partial charge in [-0.3, -0.25) is 4.98 Å². The molecular formula is C25H25ClF2N6O3S. The zero-order valence-electron chi connectivity index (χ0n) is 20.6. The number of pyridine rings is 2. The first-order valence-electron chi connectivity index (χ1n) is 11.8. The number of fused-ring (bicyclic) bond motifs is 1. The maximum absolute atomic E-state index is 14.0. The molecule has 200 valence electrons. The van der Waals surface area contributed by atoms with Gasteiger partial charge in [0, 0.05) is 38.3 Å². The van der Waals surface area contributed by atoms with Crippen molar-refractivity contribution in [2.45, 2.75) is 31.2 Å². The molecule has 0 bridgehead atoms. The second kappa shape index (κ2) is 9.66. The third-order valence-electron chi connectivity index (χ3n) is 6.90. The number of benzene rings is 1. The molecule has 2 amide bonds. The van der Waals surface area contributed by atoms with Crippen LogP contribution in [0.3, 0.4) is 0 Å². The lowest BCUT2D eigenvalue weighted by Crippen LogP contribution is -2.53. The number of hydrogen-bond acceptors (Lipinski definition) is 6. The quantitative estimate of drug-likeness (QED) is 0.455. The molecule has 2 aromatic heterocycles. The number of anilines is 2. The summed E-state index contributed by atoms with van der Waals surface area (Å²) in [4.78, 5) is 23.3. The molecule has 1 unspecified atom stereocenters. The topological polar surface area (TPSA) is 108 Å². The van der Waals surface area contributed by atoms with Gasteiger partial charge in [0.25, 0.3) is 0 Å². The average Bonchev–Trinajstić information content (AvgIpc) is 3.33. The fourth-order valence-electron chi connectivity index (χ4n) is 4.93. The highest BCUT2D eigenvalue weighted by atomic mass is 35.5. The SMILES string of the molecule is Cc1ncc(N(C)C[C@]2(NC(=O)NS(=O)(=O)N3CCc4cccnc43)CC2c2cc(F)cc(F)c2)cc1Cl. The van der Waals surface area contributed by atoms with Gasteiger partial charge in [-0.05, 0) is 55.2 Å². The summed E-state index contributed by atoms with van der Waals surface area (Å²) < 4.78 is 57.2. The van der Waals surface area contributed by atoms with Crippen molar-refractivity contribution in [2.24, 2.45) is 0 Å². The van der Waals surface area contributed by atoms with Crippen molar-refractivity contribution in [3.8, 4) is 0 Å². The number of nitrogens with one attached hydrogen (secondary N) is 2. The maximum Gasteiger partial charge on any atom is 0.330 e. The lowest BCUT2D eigenvalue weighted by Gasteiger charge is -2.28. The Balaban J connectivity index is 1.38. The van der Waals surface area contributed by atoms with E-state index in [1.165, 1.54) is 18.3 Å². The lowest BCUT2D eigenvalue weighted by atomic mass is 10.0. The number of amides is 2. The molecule has 0 saturated heterocycles. The van der Waals surface area contributed by atoms with Crippen molar-refractivity contribution in [1.82, 2.24) is 20.0 Å². The van der Waals surface area contributed by atoms with Crippen molar-refractivity contribution in [3.63, 3.8) is 0 Å². The van der Waals surface area contributed by atoms with Crippen molar-refractivity contribution < 1.29 is 22.0 Å². The van der Waals surface area contributed by atoms with E-state index in [4.69, 9.17) is 11.6 Å². The first kappa shape index (κ1) is 26.1. The van der Waals surface area contributed by atoms with Gasteiger partial charge >= 0.3 is 16.2 Å². The van der Waals surface area contributed by atoms with Crippen LogP contribution in [0.15, 0.2) is 48.8 Å². The van der Waals surface area contributed by atoms with Crippen molar-refractivity contribution >= 4 is 39.3 Å². The Morgan fingerprint density at radius 2 is 1.97 bits per heavy atom. The Bertz CT molecular complexity index is 1500. The van der Waals surface area contributed by atoms with Crippen LogP contribution in [0.2, 0.25) is 5.02 Å². The number of urea groups is 1. The molecule has 1 aliphatic carbocycles. The second-order valence-electron chi connectivity index (χ2n) is 9.60. The summed E-state index contributed by atoms with van der Waals surface area (Å²) in [5, 5.41) is 3.23. The lowest BCUT2D eigenvalue weighted by molar-refractivity contribution is 0.240. The van der Waals surface area contributed by atoms with Gasteiger partial charge in [-0.15, -0.1) is 0 Å². The highest BCUT2D eigenvalue weighted by Crippen LogP contribution is 2.52. The van der Waals surface area contributed by atoms with E-state index in [1.54, 1.807) is 43.3 Å². The molecule has 1 fully saturated rings. The summed E-state index contributed by atoms with van der Waals surface area (Å²) >= 11 is 6.23. The van der Waals surface area contributed by atoms with Crippen LogP contribution in [0.1, 0.15) is 29.2 Å². The molecule has 0 spiro atoms. The number of halogens is 3. The van der Waals surface area contributed by atoms with Crippen LogP contribution in [-0.2, 0) is 16.6 Å². The van der Waals surface area contributed by atoms with Gasteiger partial charge in [-0.1, -0.05) is 17.7 Å². The number of hydrogen-bond donors (Lipinski definition) is 2. The largest absolute Gasteiger partial charge is 0.371 e. The van der Waals surface area contributed by atoms with E-state index in [2.05, 4.69) is 20.0 Å². The molecule has 38 heavy (non-hydrogen) atoms. The average molecular weight is 563 g/mol. The van der Waals surface area contributed by atoms with Crippen LogP contribution in [0.4, 0.5) is 25.1 Å². The molecule has 1 aromatic carbocycles.